The molecule has 1 unspecified atom stereocenters. The zero-order chi connectivity index (χ0) is 17.3. The third-order valence-electron chi connectivity index (χ3n) is 3.65. The van der Waals surface area contributed by atoms with Gasteiger partial charge in [0.15, 0.2) is 0 Å². The number of imidazole rings is 1. The number of hydrogen-bond acceptors (Lipinski definition) is 5. The molecule has 0 spiro atoms. The highest BCUT2D eigenvalue weighted by atomic mass is 16.6. The molecular weight excluding hydrogens is 310 g/mol. The second-order valence-corrected chi connectivity index (χ2v) is 5.37. The Kier molecular flexibility index (Phi) is 3.87. The number of anilines is 1. The van der Waals surface area contributed by atoms with Crippen molar-refractivity contribution in [1.29, 1.82) is 0 Å². The fourth-order valence-corrected chi connectivity index (χ4v) is 2.37. The van der Waals surface area contributed by atoms with Crippen LogP contribution in [0.3, 0.4) is 0 Å². The first-order valence-electron chi connectivity index (χ1n) is 7.25. The molecule has 2 aromatic carbocycles. The number of nitro benzene ring substituents is 1. The van der Waals surface area contributed by atoms with Crippen LogP contribution >= 0.6 is 0 Å². The standard InChI is InChI=1S/C16H15N5O3/c1-9(15-19-12-4-2-3-5-13(12)20-15)18-16(22)10-6-7-11(17)14(8-10)21(23)24/h2-9H,17H2,1H3,(H,18,22)(H,19,20). The molecule has 24 heavy (non-hydrogen) atoms. The molecule has 0 saturated heterocycles. The third kappa shape index (κ3) is 2.89. The molecule has 122 valence electrons. The van der Waals surface area contributed by atoms with Gasteiger partial charge in [-0.05, 0) is 31.2 Å². The summed E-state index contributed by atoms with van der Waals surface area (Å²) in [5.74, 6) is 0.167. The van der Waals surface area contributed by atoms with E-state index in [2.05, 4.69) is 15.3 Å². The van der Waals surface area contributed by atoms with Gasteiger partial charge in [0.05, 0.1) is 22.0 Å². The Hall–Kier alpha value is -3.42. The van der Waals surface area contributed by atoms with Crippen molar-refractivity contribution in [3.05, 3.63) is 64.0 Å². The Morgan fingerprint density at radius 2 is 2.08 bits per heavy atom. The van der Waals surface area contributed by atoms with Crippen LogP contribution < -0.4 is 11.1 Å². The number of carbonyl (C=O) groups excluding carboxylic acids is 1. The number of aromatic nitrogens is 2. The van der Waals surface area contributed by atoms with Crippen molar-refractivity contribution in [2.75, 3.05) is 5.73 Å². The van der Waals surface area contributed by atoms with Crippen molar-refractivity contribution in [3.63, 3.8) is 0 Å². The molecule has 1 heterocycles. The van der Waals surface area contributed by atoms with E-state index in [4.69, 9.17) is 5.73 Å². The average Bonchev–Trinajstić information content (AvgIpc) is 2.99. The molecule has 1 aromatic heterocycles. The molecule has 8 nitrogen and oxygen atoms in total. The van der Waals surface area contributed by atoms with Gasteiger partial charge in [-0.15, -0.1) is 0 Å². The maximum absolute atomic E-state index is 12.3. The van der Waals surface area contributed by atoms with Crippen LogP contribution in [0.2, 0.25) is 0 Å². The Morgan fingerprint density at radius 3 is 2.79 bits per heavy atom. The number of nitrogens with two attached hydrogens (primary N) is 1. The zero-order valence-corrected chi connectivity index (χ0v) is 12.8. The second kappa shape index (κ2) is 5.99. The summed E-state index contributed by atoms with van der Waals surface area (Å²) >= 11 is 0. The quantitative estimate of drug-likeness (QED) is 0.386. The Morgan fingerprint density at radius 1 is 1.33 bits per heavy atom. The minimum atomic E-state index is -0.616. The number of nitro groups is 1. The fraction of sp³-hybridized carbons (Fsp3) is 0.125. The minimum absolute atomic E-state index is 0.0156. The van der Waals surface area contributed by atoms with Crippen LogP contribution in [0.1, 0.15) is 29.1 Å². The molecule has 0 fully saturated rings. The number of hydrogen-bond donors (Lipinski definition) is 3. The van der Waals surface area contributed by atoms with Gasteiger partial charge < -0.3 is 16.0 Å². The van der Waals surface area contributed by atoms with Crippen LogP contribution in [0.4, 0.5) is 11.4 Å². The fourth-order valence-electron chi connectivity index (χ4n) is 2.37. The number of carbonyl (C=O) groups is 1. The smallest absolute Gasteiger partial charge is 0.292 e. The normalized spacial score (nSPS) is 12.0. The van der Waals surface area contributed by atoms with E-state index in [0.717, 1.165) is 17.1 Å². The molecule has 0 aliphatic heterocycles. The number of nitrogens with one attached hydrogen (secondary N) is 2. The summed E-state index contributed by atoms with van der Waals surface area (Å²) in [7, 11) is 0. The van der Waals surface area contributed by atoms with Crippen molar-refractivity contribution in [1.82, 2.24) is 15.3 Å². The van der Waals surface area contributed by atoms with Crippen molar-refractivity contribution in [2.24, 2.45) is 0 Å². The summed E-state index contributed by atoms with van der Waals surface area (Å²) in [4.78, 5) is 30.2. The number of fused-ring (bicyclic) bond motifs is 1. The van der Waals surface area contributed by atoms with E-state index in [-0.39, 0.29) is 23.0 Å². The molecule has 1 atom stereocenters. The van der Waals surface area contributed by atoms with Crippen molar-refractivity contribution >= 4 is 28.3 Å². The highest BCUT2D eigenvalue weighted by molar-refractivity contribution is 5.95. The largest absolute Gasteiger partial charge is 0.393 e. The van der Waals surface area contributed by atoms with Crippen LogP contribution in [0, 0.1) is 10.1 Å². The van der Waals surface area contributed by atoms with Gasteiger partial charge in [0.1, 0.15) is 11.5 Å². The summed E-state index contributed by atoms with van der Waals surface area (Å²) in [5, 5.41) is 13.7. The highest BCUT2D eigenvalue weighted by Gasteiger charge is 2.18. The van der Waals surface area contributed by atoms with E-state index >= 15 is 0 Å². The van der Waals surface area contributed by atoms with E-state index in [1.165, 1.54) is 12.1 Å². The van der Waals surface area contributed by atoms with Crippen molar-refractivity contribution in [2.45, 2.75) is 13.0 Å². The SMILES string of the molecule is CC(NC(=O)c1ccc(N)c([N+](=O)[O-])c1)c1nc2ccccc2[nH]1. The summed E-state index contributed by atoms with van der Waals surface area (Å²) < 4.78 is 0. The van der Waals surface area contributed by atoms with Crippen LogP contribution in [-0.2, 0) is 0 Å². The van der Waals surface area contributed by atoms with E-state index in [1.54, 1.807) is 6.92 Å². The molecule has 1 amide bonds. The molecule has 3 aromatic rings. The first-order valence-corrected chi connectivity index (χ1v) is 7.25. The van der Waals surface area contributed by atoms with Gasteiger partial charge in [0.25, 0.3) is 11.6 Å². The Labute approximate surface area is 136 Å². The molecule has 8 heteroatoms. The maximum Gasteiger partial charge on any atom is 0.292 e. The predicted molar refractivity (Wildman–Crippen MR) is 89.5 cm³/mol. The third-order valence-corrected chi connectivity index (χ3v) is 3.65. The van der Waals surface area contributed by atoms with E-state index < -0.39 is 10.8 Å². The number of nitrogens with zero attached hydrogens (tertiary/aromatic N) is 2. The van der Waals surface area contributed by atoms with Crippen LogP contribution in [-0.4, -0.2) is 20.8 Å². The molecule has 0 bridgehead atoms. The van der Waals surface area contributed by atoms with Crippen molar-refractivity contribution < 1.29 is 9.72 Å². The topological polar surface area (TPSA) is 127 Å². The monoisotopic (exact) mass is 325 g/mol. The van der Waals surface area contributed by atoms with E-state index in [0.29, 0.717) is 5.82 Å². The Balaban J connectivity index is 1.81. The summed E-state index contributed by atoms with van der Waals surface area (Å²) in [6.07, 6.45) is 0. The summed E-state index contributed by atoms with van der Waals surface area (Å²) in [6.45, 7) is 1.78. The Bertz CT molecular complexity index is 901. The van der Waals surface area contributed by atoms with Crippen molar-refractivity contribution in [3.8, 4) is 0 Å². The number of aromatic amines is 1. The number of amides is 1. The summed E-state index contributed by atoms with van der Waals surface area (Å²) in [5.41, 5.74) is 7.10. The van der Waals surface area contributed by atoms with Crippen LogP contribution in [0.25, 0.3) is 11.0 Å². The number of benzene rings is 2. The van der Waals surface area contributed by atoms with Gasteiger partial charge in [0, 0.05) is 11.6 Å². The van der Waals surface area contributed by atoms with Crippen LogP contribution in [0.5, 0.6) is 0 Å². The van der Waals surface area contributed by atoms with Gasteiger partial charge in [0.2, 0.25) is 0 Å². The second-order valence-electron chi connectivity index (χ2n) is 5.37. The number of para-hydroxylation sites is 2. The van der Waals surface area contributed by atoms with Gasteiger partial charge >= 0.3 is 0 Å². The number of nitrogen functional groups attached to an aromatic ring is 1. The van der Waals surface area contributed by atoms with Gasteiger partial charge in [-0.2, -0.15) is 0 Å². The highest BCUT2D eigenvalue weighted by Crippen LogP contribution is 2.23. The lowest BCUT2D eigenvalue weighted by molar-refractivity contribution is -0.383. The molecule has 4 N–H and O–H groups in total. The zero-order valence-electron chi connectivity index (χ0n) is 12.8. The average molecular weight is 325 g/mol. The first-order chi connectivity index (χ1) is 11.5. The molecule has 0 aliphatic rings. The lowest BCUT2D eigenvalue weighted by Crippen LogP contribution is -2.27. The maximum atomic E-state index is 12.3. The van der Waals surface area contributed by atoms with Gasteiger partial charge in [-0.3, -0.25) is 14.9 Å². The molecule has 0 radical (unpaired) electrons. The number of H-pyrrole nitrogens is 1. The van der Waals surface area contributed by atoms with E-state index in [1.807, 2.05) is 24.3 Å². The van der Waals surface area contributed by atoms with Gasteiger partial charge in [-0.1, -0.05) is 12.1 Å². The number of rotatable bonds is 4. The minimum Gasteiger partial charge on any atom is -0.393 e. The first kappa shape index (κ1) is 15.5. The molecule has 3 rings (SSSR count). The predicted octanol–water partition coefficient (Wildman–Crippen LogP) is 2.54. The van der Waals surface area contributed by atoms with Crippen LogP contribution in [0.15, 0.2) is 42.5 Å². The lowest BCUT2D eigenvalue weighted by Gasteiger charge is -2.11. The molecule has 0 saturated carbocycles. The molecular formula is C16H15N5O3. The van der Waals surface area contributed by atoms with E-state index in [9.17, 15) is 14.9 Å². The molecule has 0 aliphatic carbocycles. The summed E-state index contributed by atoms with van der Waals surface area (Å²) in [6, 6.07) is 11.1. The van der Waals surface area contributed by atoms with Gasteiger partial charge in [-0.25, -0.2) is 4.98 Å². The lowest BCUT2D eigenvalue weighted by atomic mass is 10.1.